The molecule has 1 atom stereocenters. The first-order valence-corrected chi connectivity index (χ1v) is 13.0. The quantitative estimate of drug-likeness (QED) is 0.559. The highest BCUT2D eigenvalue weighted by molar-refractivity contribution is 6.02. The average molecular weight is 501 g/mol. The second-order valence-electron chi connectivity index (χ2n) is 10.5. The van der Waals surface area contributed by atoms with Gasteiger partial charge in [-0.25, -0.2) is 4.98 Å². The first kappa shape index (κ1) is 23.7. The molecule has 0 aliphatic carbocycles. The molecule has 1 spiro atoms. The highest BCUT2D eigenvalue weighted by atomic mass is 16.5. The Morgan fingerprint density at radius 1 is 1.16 bits per heavy atom. The van der Waals surface area contributed by atoms with Gasteiger partial charge in [0, 0.05) is 56.6 Å². The monoisotopic (exact) mass is 500 g/mol. The molecule has 2 aromatic carbocycles. The topological polar surface area (TPSA) is 103 Å². The molecule has 2 fully saturated rings. The SMILES string of the molecule is CN1C(=O)[C@H](NC(=O)c2n[nH]c(Cc3ccccc3)n2)CCc2ccc(N3CC4(CCOCC4)C3)cc21. The van der Waals surface area contributed by atoms with Gasteiger partial charge >= 0.3 is 0 Å². The molecule has 6 rings (SSSR count). The first-order valence-electron chi connectivity index (χ1n) is 13.0. The van der Waals surface area contributed by atoms with Gasteiger partial charge < -0.3 is 19.9 Å². The van der Waals surface area contributed by atoms with Crippen LogP contribution >= 0.6 is 0 Å². The lowest BCUT2D eigenvalue weighted by atomic mass is 9.73. The van der Waals surface area contributed by atoms with Gasteiger partial charge in [-0.1, -0.05) is 36.4 Å². The number of aryl methyl sites for hydroxylation is 1. The van der Waals surface area contributed by atoms with Crippen molar-refractivity contribution in [3.8, 4) is 0 Å². The number of anilines is 2. The number of ether oxygens (including phenoxy) is 1. The van der Waals surface area contributed by atoms with E-state index in [1.165, 1.54) is 0 Å². The molecule has 0 bridgehead atoms. The molecule has 1 aromatic heterocycles. The van der Waals surface area contributed by atoms with Crippen LogP contribution in [0, 0.1) is 5.41 Å². The molecule has 4 heterocycles. The largest absolute Gasteiger partial charge is 0.381 e. The van der Waals surface area contributed by atoms with Crippen molar-refractivity contribution in [2.24, 2.45) is 5.41 Å². The maximum atomic E-state index is 13.4. The Morgan fingerprint density at radius 2 is 1.95 bits per heavy atom. The first-order chi connectivity index (χ1) is 18.0. The molecular weight excluding hydrogens is 468 g/mol. The van der Waals surface area contributed by atoms with Gasteiger partial charge in [0.05, 0.1) is 0 Å². The Kier molecular flexibility index (Phi) is 6.16. The van der Waals surface area contributed by atoms with Crippen molar-refractivity contribution >= 4 is 23.2 Å². The number of nitrogens with zero attached hydrogens (tertiary/aromatic N) is 4. The summed E-state index contributed by atoms with van der Waals surface area (Å²) in [5, 5.41) is 9.79. The van der Waals surface area contributed by atoms with Gasteiger partial charge in [0.1, 0.15) is 11.9 Å². The summed E-state index contributed by atoms with van der Waals surface area (Å²) in [4.78, 5) is 34.7. The Hall–Kier alpha value is -3.72. The zero-order valence-electron chi connectivity index (χ0n) is 21.1. The highest BCUT2D eigenvalue weighted by Crippen LogP contribution is 2.43. The average Bonchev–Trinajstić information content (AvgIpc) is 3.34. The number of amides is 2. The fourth-order valence-electron chi connectivity index (χ4n) is 5.74. The van der Waals surface area contributed by atoms with E-state index >= 15 is 0 Å². The molecule has 37 heavy (non-hydrogen) atoms. The summed E-state index contributed by atoms with van der Waals surface area (Å²) < 4.78 is 5.54. The van der Waals surface area contributed by atoms with Crippen LogP contribution in [0.2, 0.25) is 0 Å². The lowest BCUT2D eigenvalue weighted by Crippen LogP contribution is -2.58. The van der Waals surface area contributed by atoms with Crippen molar-refractivity contribution in [2.45, 2.75) is 38.1 Å². The molecule has 2 N–H and O–H groups in total. The summed E-state index contributed by atoms with van der Waals surface area (Å²) in [6.07, 6.45) is 4.01. The van der Waals surface area contributed by atoms with Crippen LogP contribution in [-0.2, 0) is 22.4 Å². The van der Waals surface area contributed by atoms with Crippen LogP contribution in [0.25, 0.3) is 0 Å². The molecule has 2 amide bonds. The van der Waals surface area contributed by atoms with E-state index < -0.39 is 11.9 Å². The number of aromatic amines is 1. The van der Waals surface area contributed by atoms with Gasteiger partial charge in [0.25, 0.3) is 5.91 Å². The number of aromatic nitrogens is 3. The van der Waals surface area contributed by atoms with E-state index in [4.69, 9.17) is 4.74 Å². The van der Waals surface area contributed by atoms with E-state index in [0.29, 0.717) is 30.5 Å². The summed E-state index contributed by atoms with van der Waals surface area (Å²) in [5.74, 6) is 0.0736. The molecule has 192 valence electrons. The standard InChI is InChI=1S/C28H32N6O3/c1-33-23-16-21(34-17-28(18-34)11-13-37-14-12-28)9-7-20(23)8-10-22(27(33)36)29-26(35)25-30-24(31-32-25)15-19-5-3-2-4-6-19/h2-7,9,16,22H,8,10-15,17-18H2,1H3,(H,29,35)(H,30,31,32)/t22-/m1/s1. The smallest absolute Gasteiger partial charge is 0.291 e. The van der Waals surface area contributed by atoms with Gasteiger partial charge in [-0.15, -0.1) is 5.10 Å². The Balaban J connectivity index is 1.11. The molecule has 3 aliphatic rings. The van der Waals surface area contributed by atoms with E-state index in [-0.39, 0.29) is 11.7 Å². The summed E-state index contributed by atoms with van der Waals surface area (Å²) in [6, 6.07) is 15.6. The van der Waals surface area contributed by atoms with Crippen LogP contribution < -0.4 is 15.1 Å². The predicted octanol–water partition coefficient (Wildman–Crippen LogP) is 2.72. The van der Waals surface area contributed by atoms with E-state index in [9.17, 15) is 9.59 Å². The van der Waals surface area contributed by atoms with E-state index in [1.807, 2.05) is 30.3 Å². The summed E-state index contributed by atoms with van der Waals surface area (Å²) in [7, 11) is 1.79. The van der Waals surface area contributed by atoms with Crippen LogP contribution in [0.15, 0.2) is 48.5 Å². The second-order valence-corrected chi connectivity index (χ2v) is 10.5. The predicted molar refractivity (Wildman–Crippen MR) is 140 cm³/mol. The molecule has 3 aliphatic heterocycles. The van der Waals surface area contributed by atoms with E-state index in [0.717, 1.165) is 61.6 Å². The normalized spacial score (nSPS) is 20.8. The van der Waals surface area contributed by atoms with Crippen molar-refractivity contribution in [1.82, 2.24) is 20.5 Å². The number of H-pyrrole nitrogens is 1. The highest BCUT2D eigenvalue weighted by Gasteiger charge is 2.44. The molecule has 3 aromatic rings. The van der Waals surface area contributed by atoms with Gasteiger partial charge in [0.2, 0.25) is 11.7 Å². The molecule has 9 heteroatoms. The molecular formula is C28H32N6O3. The van der Waals surface area contributed by atoms with Crippen LogP contribution in [0.5, 0.6) is 0 Å². The zero-order chi connectivity index (χ0) is 25.4. The minimum atomic E-state index is -0.640. The lowest BCUT2D eigenvalue weighted by molar-refractivity contribution is -0.120. The number of likely N-dealkylation sites (N-methyl/N-ethyl adjacent to an activating group) is 1. The Bertz CT molecular complexity index is 1290. The van der Waals surface area contributed by atoms with Crippen LogP contribution in [0.4, 0.5) is 11.4 Å². The molecule has 0 unspecified atom stereocenters. The van der Waals surface area contributed by atoms with Crippen molar-refractivity contribution in [1.29, 1.82) is 0 Å². The third kappa shape index (κ3) is 4.71. The third-order valence-corrected chi connectivity index (χ3v) is 7.99. The second kappa shape index (κ2) is 9.63. The number of nitrogens with one attached hydrogen (secondary N) is 2. The van der Waals surface area contributed by atoms with E-state index in [2.05, 4.69) is 43.6 Å². The van der Waals surface area contributed by atoms with Crippen molar-refractivity contribution in [2.75, 3.05) is 43.2 Å². The zero-order valence-corrected chi connectivity index (χ0v) is 21.1. The maximum absolute atomic E-state index is 13.4. The summed E-state index contributed by atoms with van der Waals surface area (Å²) in [6.45, 7) is 3.78. The number of fused-ring (bicyclic) bond motifs is 1. The Morgan fingerprint density at radius 3 is 2.73 bits per heavy atom. The van der Waals surface area contributed by atoms with E-state index in [1.54, 1.807) is 11.9 Å². The van der Waals surface area contributed by atoms with Gasteiger partial charge in [-0.2, -0.15) is 0 Å². The van der Waals surface area contributed by atoms with Crippen molar-refractivity contribution < 1.29 is 14.3 Å². The number of carbonyl (C=O) groups excluding carboxylic acids is 2. The lowest BCUT2D eigenvalue weighted by Gasteiger charge is -2.53. The molecule has 0 saturated carbocycles. The number of hydrogen-bond acceptors (Lipinski definition) is 6. The molecule has 2 saturated heterocycles. The number of carbonyl (C=O) groups is 2. The van der Waals surface area contributed by atoms with Gasteiger partial charge in [0.15, 0.2) is 0 Å². The molecule has 0 radical (unpaired) electrons. The van der Waals surface area contributed by atoms with Crippen molar-refractivity contribution in [3.63, 3.8) is 0 Å². The Labute approximate surface area is 216 Å². The number of benzene rings is 2. The third-order valence-electron chi connectivity index (χ3n) is 7.99. The number of hydrogen-bond donors (Lipinski definition) is 2. The molecule has 9 nitrogen and oxygen atoms in total. The fraction of sp³-hybridized carbons (Fsp3) is 0.429. The van der Waals surface area contributed by atoms with Crippen LogP contribution in [-0.4, -0.2) is 66.4 Å². The van der Waals surface area contributed by atoms with Crippen LogP contribution in [0.1, 0.15) is 46.8 Å². The fourth-order valence-corrected chi connectivity index (χ4v) is 5.74. The summed E-state index contributed by atoms with van der Waals surface area (Å²) >= 11 is 0. The summed E-state index contributed by atoms with van der Waals surface area (Å²) in [5.41, 5.74) is 4.62. The van der Waals surface area contributed by atoms with Crippen molar-refractivity contribution in [3.05, 3.63) is 71.3 Å². The van der Waals surface area contributed by atoms with Gasteiger partial charge in [-0.05, 0) is 48.9 Å². The number of rotatable bonds is 5. The minimum absolute atomic E-state index is 0.0465. The minimum Gasteiger partial charge on any atom is -0.381 e. The van der Waals surface area contributed by atoms with Crippen LogP contribution in [0.3, 0.4) is 0 Å². The maximum Gasteiger partial charge on any atom is 0.291 e. The van der Waals surface area contributed by atoms with Gasteiger partial charge in [-0.3, -0.25) is 14.7 Å².